The fourth-order valence-electron chi connectivity index (χ4n) is 17.0. The maximum Gasteiger partial charge on any atom is 0.0785 e. The van der Waals surface area contributed by atoms with E-state index in [-0.39, 0.29) is 126 Å². The number of aliphatic hydroxyl groups is 38. The van der Waals surface area contributed by atoms with Gasteiger partial charge in [0, 0.05) is 54.1 Å². The van der Waals surface area contributed by atoms with Gasteiger partial charge in [-0.3, -0.25) is 0 Å². The Hall–Kier alpha value is -1.68. The van der Waals surface area contributed by atoms with Gasteiger partial charge in [0.05, 0.1) is 332 Å². The predicted octanol–water partition coefficient (Wildman–Crippen LogP) is -15.2. The second kappa shape index (κ2) is 50.0. The van der Waals surface area contributed by atoms with Gasteiger partial charge in [0.1, 0.15) is 0 Å². The Morgan fingerprint density at radius 2 is 0.427 bits per heavy atom. The van der Waals surface area contributed by atoms with Gasteiger partial charge < -0.3 is 213 Å². The van der Waals surface area contributed by atoms with E-state index in [4.69, 9.17) is 95.5 Å². The molecule has 4 aliphatic heterocycles. The Kier molecular flexibility index (Phi) is 48.4. The number of hydrogen-bond donors (Lipinski definition) is 38. The molecule has 0 amide bonds. The minimum absolute atomic E-state index is 0.00289. The lowest BCUT2D eigenvalue weighted by atomic mass is 9.59. The molecule has 0 radical (unpaired) electrons. The molecule has 8 aliphatic rings. The first-order valence-corrected chi connectivity index (χ1v) is 39.3. The lowest BCUT2D eigenvalue weighted by molar-refractivity contribution is -0.230. The maximum atomic E-state index is 10.2. The van der Waals surface area contributed by atoms with Crippen LogP contribution in [0.2, 0.25) is 0 Å². The molecule has 0 aromatic heterocycles. The third-order valence-corrected chi connectivity index (χ3v) is 27.7. The molecule has 4 heterocycles. The summed E-state index contributed by atoms with van der Waals surface area (Å²) in [6.07, 6.45) is -1.62. The van der Waals surface area contributed by atoms with E-state index >= 15 is 0 Å². The van der Waals surface area contributed by atoms with E-state index in [1.807, 2.05) is 6.92 Å². The molecule has 7 atom stereocenters. The molecule has 7 unspecified atom stereocenters. The van der Waals surface area contributed by atoms with Crippen molar-refractivity contribution in [2.75, 3.05) is 251 Å². The molecule has 4 saturated heterocycles. The molecule has 38 N–H and O–H groups in total. The smallest absolute Gasteiger partial charge is 0.0785 e. The Morgan fingerprint density at radius 1 is 0.231 bits per heavy atom. The third-order valence-electron chi connectivity index (χ3n) is 27.7. The number of rotatable bonds is 35. The van der Waals surface area contributed by atoms with Gasteiger partial charge in [0.15, 0.2) is 0 Å². The quantitative estimate of drug-likeness (QED) is 0.0280. The summed E-state index contributed by atoms with van der Waals surface area (Å²) in [5, 5.41) is 355. The van der Waals surface area contributed by atoms with Gasteiger partial charge >= 0.3 is 0 Å². The highest BCUT2D eigenvalue weighted by atomic mass is 16.5. The van der Waals surface area contributed by atoms with E-state index in [2.05, 4.69) is 0 Å². The molecule has 0 spiro atoms. The van der Waals surface area contributed by atoms with Gasteiger partial charge in [-0.2, -0.15) is 0 Å². The monoisotopic (exact) mass is 1720 g/mol. The molecule has 0 aromatic carbocycles. The molecule has 8 fully saturated rings. The molecule has 8 rings (SSSR count). The first-order valence-electron chi connectivity index (χ1n) is 39.3. The summed E-state index contributed by atoms with van der Waals surface area (Å²) >= 11 is 0. The fraction of sp³-hybridized carbons (Fsp3) is 1.00. The summed E-state index contributed by atoms with van der Waals surface area (Å²) in [6, 6.07) is 0. The Labute approximate surface area is 681 Å². The molecular formula is C75H150O42. The number of ether oxygens (including phenoxy) is 4. The second-order valence-corrected chi connectivity index (χ2v) is 35.1. The van der Waals surface area contributed by atoms with Crippen molar-refractivity contribution in [2.45, 2.75) is 133 Å². The van der Waals surface area contributed by atoms with Gasteiger partial charge in [0.2, 0.25) is 0 Å². The van der Waals surface area contributed by atoms with E-state index in [9.17, 15) is 117 Å². The third kappa shape index (κ3) is 23.2. The van der Waals surface area contributed by atoms with E-state index < -0.39 is 235 Å². The molecular weight excluding hydrogens is 1570 g/mol. The first kappa shape index (κ1) is 113. The summed E-state index contributed by atoms with van der Waals surface area (Å²) in [6.45, 7) is -7.96. The van der Waals surface area contributed by atoms with Crippen LogP contribution in [0.5, 0.6) is 0 Å². The van der Waals surface area contributed by atoms with Gasteiger partial charge in [-0.15, -0.1) is 0 Å². The second-order valence-electron chi connectivity index (χ2n) is 35.1. The Morgan fingerprint density at radius 3 is 0.641 bits per heavy atom. The molecule has 4 saturated carbocycles. The zero-order chi connectivity index (χ0) is 90.1. The standard InChI is InChI=1S/2C10H20O5.C10H18O4.C9H20O7.C9H18O6.C9H20O6.C9H18O5.C9H16O4/c1-2-9(3-11)6-15-7-10(4-12,5-13)8(9)14;11-4-9(5-12)2-1-3-10(6-13,7-14)8(9)15;11-4-9-2-1-3-10(5-12,8(9)13)7-14-6-9;10-1-8(2-11,3-12)7(16)9(4-13,5-14)6-15;10-1-8(2-11)5-15-6-9(3-12,4-13)7(8)14;1-8(2-10,3-11)7(15)9(4-12,5-13)6-14;10-3-8(4-11)1-2-9(5-12,6-13)7(8)14;10-3-8-1-2-9(4-11,7(8)12)6-13-5-8/h8,11-14H,2-7H2,1H3;8,11-15H,1-7H2;8,11-13H,1-7H2;7,10-16H,1-6H2;7,10-14H,1-6H2;7,10-15H,2-6H2,1H3;7,10-14H,1-6H2;7,10-12H,1-6H2. The van der Waals surface area contributed by atoms with Crippen molar-refractivity contribution in [3.8, 4) is 0 Å². The van der Waals surface area contributed by atoms with Crippen molar-refractivity contribution >= 4 is 0 Å². The van der Waals surface area contributed by atoms with Crippen LogP contribution in [-0.4, -0.2) is 494 Å². The van der Waals surface area contributed by atoms with E-state index in [1.165, 1.54) is 6.92 Å². The van der Waals surface area contributed by atoms with E-state index in [1.54, 1.807) is 0 Å². The van der Waals surface area contributed by atoms with Crippen molar-refractivity contribution in [2.24, 2.45) is 86.6 Å². The molecule has 117 heavy (non-hydrogen) atoms. The van der Waals surface area contributed by atoms with Crippen LogP contribution < -0.4 is 0 Å². The molecule has 42 nitrogen and oxygen atoms in total. The highest BCUT2D eigenvalue weighted by Gasteiger charge is 2.62. The van der Waals surface area contributed by atoms with Crippen molar-refractivity contribution in [3.05, 3.63) is 0 Å². The van der Waals surface area contributed by atoms with Crippen LogP contribution in [-0.2, 0) is 18.9 Å². The van der Waals surface area contributed by atoms with Crippen molar-refractivity contribution in [3.63, 3.8) is 0 Å². The normalized spacial score (nSPS) is 29.2. The lowest BCUT2D eigenvalue weighted by Gasteiger charge is -2.54. The summed E-state index contributed by atoms with van der Waals surface area (Å²) in [4.78, 5) is 0. The van der Waals surface area contributed by atoms with Crippen LogP contribution in [0.25, 0.3) is 0 Å². The number of hydrogen-bond acceptors (Lipinski definition) is 42. The van der Waals surface area contributed by atoms with Crippen LogP contribution in [0.15, 0.2) is 0 Å². The SMILES string of the molecule is CC(CO)(CO)C(O)C(CO)(CO)CO.CCC1(CO)COCC(CO)(CO)C1O.OCC(CO)(CO)C(O)C(CO)(CO)CO.OCC1(CO)CCC(CO)(CO)C1O.OCC1(CO)CCCC(CO)(CO)C1O.OCC1(CO)COCC(CO)(CO)C1O.OCC12CCC(CO)(COC1)C2O.OCC12CCCC(CO)(COC1)C2O. The first-order chi connectivity index (χ1) is 55.3. The zero-order valence-corrected chi connectivity index (χ0v) is 67.9. The number of fused-ring (bicyclic) bond motifs is 4. The van der Waals surface area contributed by atoms with Crippen LogP contribution in [0, 0.1) is 86.6 Å². The summed E-state index contributed by atoms with van der Waals surface area (Å²) in [7, 11) is 0. The highest BCUT2D eigenvalue weighted by molar-refractivity contribution is 5.10. The van der Waals surface area contributed by atoms with Gasteiger partial charge in [-0.05, 0) is 57.8 Å². The molecule has 4 bridgehead atoms. The van der Waals surface area contributed by atoms with Crippen LogP contribution in [0.4, 0.5) is 0 Å². The largest absolute Gasteiger partial charge is 0.396 e. The average molecular weight is 1720 g/mol. The van der Waals surface area contributed by atoms with Gasteiger partial charge in [0.25, 0.3) is 0 Å². The Bertz CT molecular complexity index is 2290. The molecule has 0 aromatic rings. The van der Waals surface area contributed by atoms with Crippen LogP contribution >= 0.6 is 0 Å². The van der Waals surface area contributed by atoms with Gasteiger partial charge in [-0.1, -0.05) is 26.7 Å². The maximum absolute atomic E-state index is 10.2. The lowest BCUT2D eigenvalue weighted by Crippen LogP contribution is -2.62. The topological polar surface area (TPSA) is 806 Å². The minimum Gasteiger partial charge on any atom is -0.396 e. The molecule has 702 valence electrons. The minimum atomic E-state index is -1.69. The van der Waals surface area contributed by atoms with Crippen LogP contribution in [0.1, 0.15) is 84.5 Å². The average Bonchev–Trinajstić information content (AvgIpc) is 1.58. The summed E-state index contributed by atoms with van der Waals surface area (Å²) in [5.74, 6) is 0. The van der Waals surface area contributed by atoms with Crippen LogP contribution in [0.3, 0.4) is 0 Å². The number of aliphatic hydroxyl groups excluding tert-OH is 38. The zero-order valence-electron chi connectivity index (χ0n) is 67.9. The van der Waals surface area contributed by atoms with E-state index in [0.717, 1.165) is 32.1 Å². The van der Waals surface area contributed by atoms with Gasteiger partial charge in [-0.25, -0.2) is 0 Å². The summed E-state index contributed by atoms with van der Waals surface area (Å²) < 4.78 is 21.2. The van der Waals surface area contributed by atoms with Crippen molar-refractivity contribution < 1.29 is 213 Å². The molecule has 4 aliphatic carbocycles. The summed E-state index contributed by atoms with van der Waals surface area (Å²) in [5.41, 5.74) is -16.5. The van der Waals surface area contributed by atoms with E-state index in [0.29, 0.717) is 65.0 Å². The highest BCUT2D eigenvalue weighted by Crippen LogP contribution is 2.54. The Balaban J connectivity index is 0.000000669. The predicted molar refractivity (Wildman–Crippen MR) is 405 cm³/mol. The van der Waals surface area contributed by atoms with Crippen molar-refractivity contribution in [1.29, 1.82) is 0 Å². The fourth-order valence-corrected chi connectivity index (χ4v) is 17.0. The van der Waals surface area contributed by atoms with Crippen molar-refractivity contribution in [1.82, 2.24) is 0 Å². The molecule has 42 heteroatoms.